The summed E-state index contributed by atoms with van der Waals surface area (Å²) in [4.78, 5) is 10.8. The molecule has 2 aromatic carbocycles. The van der Waals surface area contributed by atoms with Gasteiger partial charge in [-0.15, -0.1) is 0 Å². The fraction of sp³-hybridized carbons (Fsp3) is 0.250. The first-order valence-corrected chi connectivity index (χ1v) is 9.65. The minimum absolute atomic E-state index is 0.184. The van der Waals surface area contributed by atoms with Crippen LogP contribution in [0.4, 0.5) is 0 Å². The predicted octanol–water partition coefficient (Wildman–Crippen LogP) is 5.66. The van der Waals surface area contributed by atoms with E-state index in [9.17, 15) is 4.79 Å². The van der Waals surface area contributed by atoms with E-state index in [1.807, 2.05) is 12.1 Å². The first-order chi connectivity index (χ1) is 12.0. The van der Waals surface area contributed by atoms with Gasteiger partial charge in [0.25, 0.3) is 0 Å². The number of carboxylic acid groups (broad SMARTS) is 1. The van der Waals surface area contributed by atoms with Gasteiger partial charge in [-0.05, 0) is 83.8 Å². The number of hydrogen-bond donors (Lipinski definition) is 1. The van der Waals surface area contributed by atoms with Gasteiger partial charge >= 0.3 is 5.97 Å². The summed E-state index contributed by atoms with van der Waals surface area (Å²) in [6.45, 7) is 2.90. The van der Waals surface area contributed by atoms with E-state index in [1.54, 1.807) is 0 Å². The third-order valence-electron chi connectivity index (χ3n) is 4.49. The van der Waals surface area contributed by atoms with Gasteiger partial charge in [0.2, 0.25) is 0 Å². The smallest absolute Gasteiger partial charge is 0.303 e. The SMILES string of the molecule is Cc1c(CCCC(=O)O)c2cc(Cl)ccc2n1Cc1ccc(I)cc1. The van der Waals surface area contributed by atoms with Crippen LogP contribution in [0.1, 0.15) is 29.7 Å². The summed E-state index contributed by atoms with van der Waals surface area (Å²) >= 11 is 8.52. The molecular formula is C20H19ClINO2. The maximum Gasteiger partial charge on any atom is 0.303 e. The zero-order chi connectivity index (χ0) is 18.0. The number of rotatable bonds is 6. The van der Waals surface area contributed by atoms with Crippen LogP contribution < -0.4 is 0 Å². The molecule has 25 heavy (non-hydrogen) atoms. The van der Waals surface area contributed by atoms with E-state index in [0.717, 1.165) is 23.9 Å². The molecule has 0 aliphatic rings. The first kappa shape index (κ1) is 18.3. The van der Waals surface area contributed by atoms with Crippen molar-refractivity contribution in [2.75, 3.05) is 0 Å². The average molecular weight is 468 g/mol. The number of aromatic nitrogens is 1. The van der Waals surface area contributed by atoms with Crippen LogP contribution in [-0.4, -0.2) is 15.6 Å². The van der Waals surface area contributed by atoms with Crippen LogP contribution in [0.15, 0.2) is 42.5 Å². The number of aliphatic carboxylic acids is 1. The molecule has 1 N–H and O–H groups in total. The molecule has 0 spiro atoms. The van der Waals surface area contributed by atoms with Gasteiger partial charge in [-0.1, -0.05) is 23.7 Å². The third-order valence-corrected chi connectivity index (χ3v) is 5.44. The predicted molar refractivity (Wildman–Crippen MR) is 111 cm³/mol. The molecule has 3 nitrogen and oxygen atoms in total. The molecule has 0 bridgehead atoms. The summed E-state index contributed by atoms with van der Waals surface area (Å²) in [5.41, 5.74) is 4.77. The molecule has 5 heteroatoms. The Bertz CT molecular complexity index is 916. The van der Waals surface area contributed by atoms with Gasteiger partial charge in [0.1, 0.15) is 0 Å². The monoisotopic (exact) mass is 467 g/mol. The molecule has 3 rings (SSSR count). The number of benzene rings is 2. The number of aryl methyl sites for hydroxylation is 1. The summed E-state index contributed by atoms with van der Waals surface area (Å²) in [6.07, 6.45) is 1.56. The zero-order valence-electron chi connectivity index (χ0n) is 13.9. The minimum Gasteiger partial charge on any atom is -0.481 e. The lowest BCUT2D eigenvalue weighted by atomic mass is 10.0. The van der Waals surface area contributed by atoms with Gasteiger partial charge in [0.05, 0.1) is 0 Å². The second-order valence-electron chi connectivity index (χ2n) is 6.19. The van der Waals surface area contributed by atoms with E-state index in [0.29, 0.717) is 11.4 Å². The lowest BCUT2D eigenvalue weighted by Crippen LogP contribution is -2.03. The number of fused-ring (bicyclic) bond motifs is 1. The van der Waals surface area contributed by atoms with E-state index >= 15 is 0 Å². The Morgan fingerprint density at radius 2 is 1.92 bits per heavy atom. The van der Waals surface area contributed by atoms with Crippen molar-refractivity contribution in [3.05, 3.63) is 67.9 Å². The summed E-state index contributed by atoms with van der Waals surface area (Å²) in [5, 5.41) is 10.7. The van der Waals surface area contributed by atoms with Crippen molar-refractivity contribution in [2.45, 2.75) is 32.7 Å². The van der Waals surface area contributed by atoms with Crippen LogP contribution in [0.5, 0.6) is 0 Å². The lowest BCUT2D eigenvalue weighted by Gasteiger charge is -2.09. The Balaban J connectivity index is 2.00. The van der Waals surface area contributed by atoms with Gasteiger partial charge < -0.3 is 9.67 Å². The normalized spacial score (nSPS) is 11.2. The Morgan fingerprint density at radius 1 is 1.20 bits per heavy atom. The fourth-order valence-corrected chi connectivity index (χ4v) is 3.76. The van der Waals surface area contributed by atoms with Crippen LogP contribution in [0.25, 0.3) is 10.9 Å². The highest BCUT2D eigenvalue weighted by Crippen LogP contribution is 2.30. The van der Waals surface area contributed by atoms with Crippen molar-refractivity contribution >= 4 is 51.1 Å². The van der Waals surface area contributed by atoms with Crippen molar-refractivity contribution in [2.24, 2.45) is 0 Å². The largest absolute Gasteiger partial charge is 0.481 e. The average Bonchev–Trinajstić information content (AvgIpc) is 2.81. The molecule has 0 fully saturated rings. The molecular weight excluding hydrogens is 449 g/mol. The maximum atomic E-state index is 10.8. The molecule has 0 aliphatic heterocycles. The summed E-state index contributed by atoms with van der Waals surface area (Å²) in [7, 11) is 0. The van der Waals surface area contributed by atoms with Gasteiger partial charge in [-0.3, -0.25) is 4.79 Å². The van der Waals surface area contributed by atoms with Crippen molar-refractivity contribution in [3.8, 4) is 0 Å². The highest BCUT2D eigenvalue weighted by Gasteiger charge is 2.15. The highest BCUT2D eigenvalue weighted by molar-refractivity contribution is 14.1. The standard InChI is InChI=1S/C20H19ClINO2/c1-13-17(3-2-4-20(24)25)18-11-15(21)7-10-19(18)23(13)12-14-5-8-16(22)9-6-14/h5-11H,2-4,12H2,1H3,(H,24,25). The number of nitrogens with zero attached hydrogens (tertiary/aromatic N) is 1. The Hall–Kier alpha value is -1.53. The quantitative estimate of drug-likeness (QED) is 0.475. The number of carboxylic acids is 1. The van der Waals surface area contributed by atoms with E-state index in [-0.39, 0.29) is 6.42 Å². The molecule has 130 valence electrons. The van der Waals surface area contributed by atoms with Crippen molar-refractivity contribution in [3.63, 3.8) is 0 Å². The fourth-order valence-electron chi connectivity index (χ4n) is 3.23. The molecule has 0 aliphatic carbocycles. The van der Waals surface area contributed by atoms with Gasteiger partial charge in [0.15, 0.2) is 0 Å². The Kier molecular flexibility index (Phi) is 5.69. The maximum absolute atomic E-state index is 10.8. The number of carbonyl (C=O) groups is 1. The lowest BCUT2D eigenvalue weighted by molar-refractivity contribution is -0.137. The van der Waals surface area contributed by atoms with Crippen LogP contribution in [0.3, 0.4) is 0 Å². The first-order valence-electron chi connectivity index (χ1n) is 8.19. The van der Waals surface area contributed by atoms with Crippen LogP contribution in [-0.2, 0) is 17.8 Å². The second-order valence-corrected chi connectivity index (χ2v) is 7.87. The van der Waals surface area contributed by atoms with E-state index in [2.05, 4.69) is 64.4 Å². The minimum atomic E-state index is -0.752. The number of hydrogen-bond acceptors (Lipinski definition) is 1. The second kappa shape index (κ2) is 7.79. The van der Waals surface area contributed by atoms with E-state index in [4.69, 9.17) is 16.7 Å². The number of halogens is 2. The molecule has 0 unspecified atom stereocenters. The van der Waals surface area contributed by atoms with Crippen LogP contribution in [0.2, 0.25) is 5.02 Å². The van der Waals surface area contributed by atoms with Gasteiger partial charge in [0, 0.05) is 38.2 Å². The Morgan fingerprint density at radius 3 is 2.60 bits per heavy atom. The van der Waals surface area contributed by atoms with E-state index < -0.39 is 5.97 Å². The van der Waals surface area contributed by atoms with E-state index in [1.165, 1.54) is 20.4 Å². The molecule has 0 saturated carbocycles. The van der Waals surface area contributed by atoms with Gasteiger partial charge in [-0.2, -0.15) is 0 Å². The topological polar surface area (TPSA) is 42.2 Å². The van der Waals surface area contributed by atoms with Crippen molar-refractivity contribution < 1.29 is 9.90 Å². The third kappa shape index (κ3) is 4.18. The van der Waals surface area contributed by atoms with Crippen LogP contribution >= 0.6 is 34.2 Å². The molecule has 1 heterocycles. The molecule has 0 amide bonds. The summed E-state index contributed by atoms with van der Waals surface area (Å²) < 4.78 is 3.51. The molecule has 0 atom stereocenters. The van der Waals surface area contributed by atoms with Crippen LogP contribution in [0, 0.1) is 10.5 Å². The van der Waals surface area contributed by atoms with Crippen molar-refractivity contribution in [1.82, 2.24) is 4.57 Å². The molecule has 0 radical (unpaired) electrons. The summed E-state index contributed by atoms with van der Waals surface area (Å²) in [6, 6.07) is 14.5. The van der Waals surface area contributed by atoms with Crippen molar-refractivity contribution in [1.29, 1.82) is 0 Å². The highest BCUT2D eigenvalue weighted by atomic mass is 127. The zero-order valence-corrected chi connectivity index (χ0v) is 16.8. The summed E-state index contributed by atoms with van der Waals surface area (Å²) in [5.74, 6) is -0.752. The molecule has 0 saturated heterocycles. The molecule has 1 aromatic heterocycles. The Labute approximate surface area is 165 Å². The molecule has 3 aromatic rings. The van der Waals surface area contributed by atoms with Gasteiger partial charge in [-0.25, -0.2) is 0 Å².